The van der Waals surface area contributed by atoms with Crippen molar-refractivity contribution in [3.05, 3.63) is 65.0 Å². The van der Waals surface area contributed by atoms with Gasteiger partial charge >= 0.3 is 6.18 Å². The van der Waals surface area contributed by atoms with Crippen LogP contribution in [0.15, 0.2) is 42.6 Å². The molecule has 1 saturated heterocycles. The van der Waals surface area contributed by atoms with E-state index >= 15 is 0 Å². The number of alkyl halides is 3. The average molecular weight is 499 g/mol. The van der Waals surface area contributed by atoms with Gasteiger partial charge < -0.3 is 20.2 Å². The number of fused-ring (bicyclic) bond motifs is 1. The lowest BCUT2D eigenvalue weighted by Gasteiger charge is -2.31. The van der Waals surface area contributed by atoms with E-state index in [-0.39, 0.29) is 5.82 Å². The van der Waals surface area contributed by atoms with E-state index in [1.165, 1.54) is 12.3 Å². The topological polar surface area (TPSA) is 77.4 Å². The second-order valence-corrected chi connectivity index (χ2v) is 9.76. The van der Waals surface area contributed by atoms with Crippen LogP contribution in [0.2, 0.25) is 0 Å². The third-order valence-corrected chi connectivity index (χ3v) is 6.72. The highest BCUT2D eigenvalue weighted by Gasteiger charge is 2.36. The molecule has 2 aliphatic heterocycles. The molecule has 5 rings (SSSR count). The molecule has 0 spiro atoms. The van der Waals surface area contributed by atoms with Crippen LogP contribution in [-0.4, -0.2) is 46.2 Å². The number of benzene rings is 1. The second-order valence-electron chi connectivity index (χ2n) is 9.76. The van der Waals surface area contributed by atoms with Gasteiger partial charge in [-0.25, -0.2) is 9.97 Å². The van der Waals surface area contributed by atoms with Crippen molar-refractivity contribution in [1.29, 1.82) is 0 Å². The lowest BCUT2D eigenvalue weighted by atomic mass is 9.98. The molecule has 0 amide bonds. The molecule has 3 aromatic rings. The van der Waals surface area contributed by atoms with Gasteiger partial charge in [-0.15, -0.1) is 0 Å². The third kappa shape index (κ3) is 4.95. The van der Waals surface area contributed by atoms with Crippen molar-refractivity contribution >= 4 is 23.3 Å². The normalized spacial score (nSPS) is 16.3. The van der Waals surface area contributed by atoms with E-state index in [0.717, 1.165) is 48.1 Å². The Hall–Kier alpha value is -3.40. The number of hydrogen-bond acceptors (Lipinski definition) is 7. The van der Waals surface area contributed by atoms with Crippen LogP contribution < -0.4 is 15.1 Å². The maximum Gasteiger partial charge on any atom is 0.419 e. The molecule has 10 heteroatoms. The molecule has 0 saturated carbocycles. The van der Waals surface area contributed by atoms with Crippen molar-refractivity contribution in [3.8, 4) is 0 Å². The van der Waals surface area contributed by atoms with Gasteiger partial charge in [0.05, 0.1) is 16.9 Å². The zero-order valence-electron chi connectivity index (χ0n) is 20.3. The molecule has 36 heavy (non-hydrogen) atoms. The Morgan fingerprint density at radius 3 is 2.28 bits per heavy atom. The van der Waals surface area contributed by atoms with Crippen LogP contribution in [0, 0.1) is 0 Å². The number of pyridine rings is 1. The summed E-state index contributed by atoms with van der Waals surface area (Å²) in [5.41, 5.74) is 1.67. The van der Waals surface area contributed by atoms with Crippen LogP contribution in [0.3, 0.4) is 0 Å². The monoisotopic (exact) mass is 498 g/mol. The molecule has 4 heterocycles. The number of aliphatic hydroxyl groups is 1. The van der Waals surface area contributed by atoms with E-state index in [1.54, 1.807) is 18.7 Å². The fourth-order valence-corrected chi connectivity index (χ4v) is 4.53. The first kappa shape index (κ1) is 24.3. The fraction of sp³-hybridized carbons (Fsp3) is 0.423. The van der Waals surface area contributed by atoms with Gasteiger partial charge in [0, 0.05) is 50.0 Å². The predicted octanol–water partition coefficient (Wildman–Crippen LogP) is 4.68. The average Bonchev–Trinajstić information content (AvgIpc) is 3.00. The Morgan fingerprint density at radius 2 is 1.64 bits per heavy atom. The molecule has 0 aliphatic carbocycles. The number of aromatic nitrogens is 3. The predicted molar refractivity (Wildman–Crippen MR) is 133 cm³/mol. The molecular weight excluding hydrogens is 469 g/mol. The van der Waals surface area contributed by atoms with Gasteiger partial charge in [0.1, 0.15) is 11.6 Å². The summed E-state index contributed by atoms with van der Waals surface area (Å²) in [6.45, 7) is 5.98. The summed E-state index contributed by atoms with van der Waals surface area (Å²) in [6, 6.07) is 9.89. The zero-order chi connectivity index (χ0) is 25.5. The molecule has 2 aromatic heterocycles. The van der Waals surface area contributed by atoms with Gasteiger partial charge in [-0.05, 0) is 56.5 Å². The van der Waals surface area contributed by atoms with Crippen LogP contribution in [0.1, 0.15) is 42.7 Å². The van der Waals surface area contributed by atoms with Gasteiger partial charge in [-0.1, -0.05) is 12.1 Å². The molecule has 0 bridgehead atoms. The molecule has 0 unspecified atom stereocenters. The van der Waals surface area contributed by atoms with Crippen molar-refractivity contribution in [2.24, 2.45) is 0 Å². The number of nitrogens with one attached hydrogen (secondary N) is 1. The fourth-order valence-electron chi connectivity index (χ4n) is 4.53. The van der Waals surface area contributed by atoms with E-state index < -0.39 is 17.3 Å². The summed E-state index contributed by atoms with van der Waals surface area (Å²) in [5.74, 6) is 1.25. The molecule has 0 radical (unpaired) electrons. The van der Waals surface area contributed by atoms with Crippen molar-refractivity contribution in [2.45, 2.75) is 44.9 Å². The summed E-state index contributed by atoms with van der Waals surface area (Å²) < 4.78 is 40.9. The first-order valence-corrected chi connectivity index (χ1v) is 12.1. The smallest absolute Gasteiger partial charge is 0.386 e. The van der Waals surface area contributed by atoms with Gasteiger partial charge in [-0.2, -0.15) is 18.2 Å². The van der Waals surface area contributed by atoms with Crippen molar-refractivity contribution in [2.75, 3.05) is 41.3 Å². The van der Waals surface area contributed by atoms with Gasteiger partial charge in [0.2, 0.25) is 5.95 Å². The summed E-state index contributed by atoms with van der Waals surface area (Å²) in [7, 11) is 0. The SMILES string of the molecule is CC(C)(O)c1ccc(Nc2nc(N3CCC3)nc3c2CCN(c2ncccc2C(F)(F)F)CC3)cc1. The lowest BCUT2D eigenvalue weighted by molar-refractivity contribution is -0.137. The number of halogens is 3. The van der Waals surface area contributed by atoms with E-state index in [0.29, 0.717) is 37.7 Å². The maximum absolute atomic E-state index is 13.6. The minimum absolute atomic E-state index is 0.0505. The number of anilines is 4. The van der Waals surface area contributed by atoms with Crippen molar-refractivity contribution < 1.29 is 18.3 Å². The maximum atomic E-state index is 13.6. The van der Waals surface area contributed by atoms with Crippen LogP contribution in [0.4, 0.5) is 36.4 Å². The van der Waals surface area contributed by atoms with E-state index in [4.69, 9.17) is 9.97 Å². The Morgan fingerprint density at radius 1 is 0.917 bits per heavy atom. The molecular formula is C26H29F3N6O. The highest BCUT2D eigenvalue weighted by atomic mass is 19.4. The van der Waals surface area contributed by atoms with Gasteiger partial charge in [0.25, 0.3) is 0 Å². The second kappa shape index (κ2) is 9.24. The van der Waals surface area contributed by atoms with Gasteiger partial charge in [0.15, 0.2) is 0 Å². The van der Waals surface area contributed by atoms with Crippen molar-refractivity contribution in [1.82, 2.24) is 15.0 Å². The Balaban J connectivity index is 1.46. The summed E-state index contributed by atoms with van der Waals surface area (Å²) in [5, 5.41) is 13.7. The Labute approximate surface area is 208 Å². The molecule has 1 fully saturated rings. The Bertz CT molecular complexity index is 1240. The van der Waals surface area contributed by atoms with E-state index in [2.05, 4.69) is 15.2 Å². The first-order valence-electron chi connectivity index (χ1n) is 12.1. The van der Waals surface area contributed by atoms with E-state index in [9.17, 15) is 18.3 Å². The summed E-state index contributed by atoms with van der Waals surface area (Å²) in [4.78, 5) is 17.5. The largest absolute Gasteiger partial charge is 0.419 e. The van der Waals surface area contributed by atoms with Crippen molar-refractivity contribution in [3.63, 3.8) is 0 Å². The highest BCUT2D eigenvalue weighted by Crippen LogP contribution is 2.36. The van der Waals surface area contributed by atoms with Crippen LogP contribution in [-0.2, 0) is 24.6 Å². The standard InChI is InChI=1S/C26H29F3N6O/c1-25(2,36)17-6-8-18(9-7-17)31-22-19-10-15-34(23-20(26(27,28)29)5-3-12-30-23)16-11-21(19)32-24(33-22)35-13-4-14-35/h3,5-9,12,36H,4,10-11,13-16H2,1-2H3,(H,31,32,33). The number of hydrogen-bond donors (Lipinski definition) is 2. The minimum atomic E-state index is -4.48. The number of nitrogens with zero attached hydrogens (tertiary/aromatic N) is 5. The molecule has 0 atom stereocenters. The summed E-state index contributed by atoms with van der Waals surface area (Å²) in [6.07, 6.45) is -1.04. The molecule has 2 N–H and O–H groups in total. The van der Waals surface area contributed by atoms with Crippen LogP contribution in [0.5, 0.6) is 0 Å². The summed E-state index contributed by atoms with van der Waals surface area (Å²) >= 11 is 0. The lowest BCUT2D eigenvalue weighted by Crippen LogP contribution is -2.38. The number of rotatable bonds is 5. The van der Waals surface area contributed by atoms with Crippen LogP contribution in [0.25, 0.3) is 0 Å². The molecule has 7 nitrogen and oxygen atoms in total. The quantitative estimate of drug-likeness (QED) is 0.529. The highest BCUT2D eigenvalue weighted by molar-refractivity contribution is 5.63. The minimum Gasteiger partial charge on any atom is -0.386 e. The molecule has 2 aliphatic rings. The van der Waals surface area contributed by atoms with E-state index in [1.807, 2.05) is 24.3 Å². The third-order valence-electron chi connectivity index (χ3n) is 6.72. The molecule has 190 valence electrons. The molecule has 1 aromatic carbocycles. The first-order chi connectivity index (χ1) is 17.1. The Kier molecular flexibility index (Phi) is 6.23. The van der Waals surface area contributed by atoms with Gasteiger partial charge in [-0.3, -0.25) is 0 Å². The zero-order valence-corrected chi connectivity index (χ0v) is 20.3. The van der Waals surface area contributed by atoms with Crippen LogP contribution >= 0.6 is 0 Å².